The molecule has 0 aliphatic carbocycles. The van der Waals surface area contributed by atoms with Crippen LogP contribution in [0.1, 0.15) is 26.7 Å². The maximum Gasteiger partial charge on any atom is 0.196 e. The molecule has 0 aromatic rings. The molecule has 0 spiro atoms. The van der Waals surface area contributed by atoms with E-state index in [0.29, 0.717) is 0 Å². The van der Waals surface area contributed by atoms with E-state index in [0.717, 1.165) is 12.8 Å². The molecule has 0 heterocycles. The number of halogens is 1. The SMILES string of the molecule is CCC(/C=C(\F)C#N)CC. The van der Waals surface area contributed by atoms with E-state index in [1.165, 1.54) is 12.1 Å². The van der Waals surface area contributed by atoms with Crippen LogP contribution in [-0.2, 0) is 0 Å². The Kier molecular flexibility index (Phi) is 4.57. The second kappa shape index (κ2) is 4.99. The van der Waals surface area contributed by atoms with E-state index in [2.05, 4.69) is 0 Å². The molecule has 0 fully saturated rings. The van der Waals surface area contributed by atoms with Gasteiger partial charge in [0.25, 0.3) is 0 Å². The second-order valence-corrected chi connectivity index (χ2v) is 2.20. The Morgan fingerprint density at radius 1 is 1.60 bits per heavy atom. The number of allylic oxidation sites excluding steroid dienone is 2. The molecule has 0 aromatic heterocycles. The average molecular weight is 141 g/mol. The van der Waals surface area contributed by atoms with Gasteiger partial charge in [-0.3, -0.25) is 0 Å². The maximum absolute atomic E-state index is 12.3. The van der Waals surface area contributed by atoms with Crippen molar-refractivity contribution < 1.29 is 4.39 Å². The Morgan fingerprint density at radius 3 is 2.40 bits per heavy atom. The molecule has 1 nitrogen and oxygen atoms in total. The minimum Gasteiger partial charge on any atom is -0.195 e. The number of hydrogen-bond acceptors (Lipinski definition) is 1. The van der Waals surface area contributed by atoms with Gasteiger partial charge < -0.3 is 0 Å². The first-order valence-electron chi connectivity index (χ1n) is 3.52. The molecule has 0 radical (unpaired) electrons. The molecular formula is C8H12FN. The summed E-state index contributed by atoms with van der Waals surface area (Å²) >= 11 is 0. The van der Waals surface area contributed by atoms with Crippen molar-refractivity contribution in [2.45, 2.75) is 26.7 Å². The van der Waals surface area contributed by atoms with Gasteiger partial charge in [0.15, 0.2) is 5.83 Å². The van der Waals surface area contributed by atoms with Crippen LogP contribution in [0.3, 0.4) is 0 Å². The van der Waals surface area contributed by atoms with Crippen LogP contribution in [0.25, 0.3) is 0 Å². The summed E-state index contributed by atoms with van der Waals surface area (Å²) in [5.74, 6) is -0.437. The Balaban J connectivity index is 3.96. The largest absolute Gasteiger partial charge is 0.196 e. The standard InChI is InChI=1S/C8H12FN/c1-3-7(4-2)5-8(9)6-10/h5,7H,3-4H2,1-2H3/b8-5-. The van der Waals surface area contributed by atoms with E-state index in [-0.39, 0.29) is 5.92 Å². The van der Waals surface area contributed by atoms with Gasteiger partial charge in [0, 0.05) is 0 Å². The van der Waals surface area contributed by atoms with Gasteiger partial charge in [0.2, 0.25) is 0 Å². The smallest absolute Gasteiger partial charge is 0.195 e. The Morgan fingerprint density at radius 2 is 2.10 bits per heavy atom. The first kappa shape index (κ1) is 9.16. The van der Waals surface area contributed by atoms with Crippen molar-refractivity contribution in [3.05, 3.63) is 11.9 Å². The molecule has 0 N–H and O–H groups in total. The summed E-state index contributed by atoms with van der Waals surface area (Å²) in [7, 11) is 0. The van der Waals surface area contributed by atoms with Crippen molar-refractivity contribution in [2.24, 2.45) is 5.92 Å². The normalized spacial score (nSPS) is 11.7. The zero-order valence-electron chi connectivity index (χ0n) is 6.39. The van der Waals surface area contributed by atoms with E-state index in [1.807, 2.05) is 13.8 Å². The van der Waals surface area contributed by atoms with Gasteiger partial charge in [-0.05, 0) is 24.8 Å². The molecule has 0 saturated heterocycles. The minimum absolute atomic E-state index is 0.222. The molecule has 0 aliphatic rings. The first-order valence-corrected chi connectivity index (χ1v) is 3.52. The van der Waals surface area contributed by atoms with Crippen LogP contribution in [-0.4, -0.2) is 0 Å². The van der Waals surface area contributed by atoms with E-state index in [4.69, 9.17) is 5.26 Å². The molecule has 0 atom stereocenters. The van der Waals surface area contributed by atoms with Gasteiger partial charge in [0.05, 0.1) is 0 Å². The van der Waals surface area contributed by atoms with Crippen molar-refractivity contribution in [1.29, 1.82) is 5.26 Å². The lowest BCUT2D eigenvalue weighted by Gasteiger charge is -2.02. The van der Waals surface area contributed by atoms with Gasteiger partial charge in [-0.25, -0.2) is 0 Å². The molecule has 0 aromatic carbocycles. The van der Waals surface area contributed by atoms with Crippen LogP contribution < -0.4 is 0 Å². The fraction of sp³-hybridized carbons (Fsp3) is 0.625. The number of nitriles is 1. The van der Waals surface area contributed by atoms with E-state index in [9.17, 15) is 4.39 Å². The lowest BCUT2D eigenvalue weighted by atomic mass is 10.0. The average Bonchev–Trinajstić information content (AvgIpc) is 1.99. The third-order valence-corrected chi connectivity index (χ3v) is 1.54. The molecule has 0 aliphatic heterocycles. The molecule has 0 unspecified atom stereocenters. The second-order valence-electron chi connectivity index (χ2n) is 2.20. The molecular weight excluding hydrogens is 129 g/mol. The Labute approximate surface area is 61.2 Å². The fourth-order valence-electron chi connectivity index (χ4n) is 0.769. The molecule has 0 bridgehead atoms. The lowest BCUT2D eigenvalue weighted by Crippen LogP contribution is -1.91. The van der Waals surface area contributed by atoms with Gasteiger partial charge in [0.1, 0.15) is 6.07 Å². The number of hydrogen-bond donors (Lipinski definition) is 0. The molecule has 0 rings (SSSR count). The highest BCUT2D eigenvalue weighted by atomic mass is 19.1. The van der Waals surface area contributed by atoms with Gasteiger partial charge in [-0.1, -0.05) is 13.8 Å². The molecule has 10 heavy (non-hydrogen) atoms. The van der Waals surface area contributed by atoms with Gasteiger partial charge in [-0.2, -0.15) is 9.65 Å². The predicted octanol–water partition coefficient (Wildman–Crippen LogP) is 2.80. The van der Waals surface area contributed by atoms with Crippen LogP contribution in [0.15, 0.2) is 11.9 Å². The summed E-state index contributed by atoms with van der Waals surface area (Å²) in [6.07, 6.45) is 3.18. The van der Waals surface area contributed by atoms with E-state index < -0.39 is 5.83 Å². The van der Waals surface area contributed by atoms with Gasteiger partial charge in [-0.15, -0.1) is 0 Å². The maximum atomic E-state index is 12.3. The Hall–Kier alpha value is -0.840. The van der Waals surface area contributed by atoms with Crippen LogP contribution in [0.5, 0.6) is 0 Å². The number of rotatable bonds is 3. The van der Waals surface area contributed by atoms with Crippen LogP contribution in [0.4, 0.5) is 4.39 Å². The molecule has 0 amide bonds. The summed E-state index contributed by atoms with van der Waals surface area (Å²) in [4.78, 5) is 0. The van der Waals surface area contributed by atoms with Crippen LogP contribution in [0, 0.1) is 17.2 Å². The summed E-state index contributed by atoms with van der Waals surface area (Å²) < 4.78 is 12.3. The van der Waals surface area contributed by atoms with E-state index >= 15 is 0 Å². The molecule has 0 saturated carbocycles. The quantitative estimate of drug-likeness (QED) is 0.554. The zero-order chi connectivity index (χ0) is 7.98. The highest BCUT2D eigenvalue weighted by Crippen LogP contribution is 2.11. The minimum atomic E-state index is -0.659. The van der Waals surface area contributed by atoms with Crippen molar-refractivity contribution >= 4 is 0 Å². The monoisotopic (exact) mass is 141 g/mol. The van der Waals surface area contributed by atoms with Crippen molar-refractivity contribution in [3.8, 4) is 6.07 Å². The molecule has 56 valence electrons. The predicted molar refractivity (Wildman–Crippen MR) is 38.9 cm³/mol. The van der Waals surface area contributed by atoms with Crippen molar-refractivity contribution in [1.82, 2.24) is 0 Å². The van der Waals surface area contributed by atoms with Crippen LogP contribution in [0.2, 0.25) is 0 Å². The summed E-state index contributed by atoms with van der Waals surface area (Å²) in [6, 6.07) is 1.46. The third-order valence-electron chi connectivity index (χ3n) is 1.54. The third kappa shape index (κ3) is 3.24. The van der Waals surface area contributed by atoms with Crippen LogP contribution >= 0.6 is 0 Å². The summed E-state index contributed by atoms with van der Waals surface area (Å²) in [5.41, 5.74) is 0. The highest BCUT2D eigenvalue weighted by molar-refractivity contribution is 5.12. The molecule has 2 heteroatoms. The first-order chi connectivity index (χ1) is 4.74. The van der Waals surface area contributed by atoms with E-state index in [1.54, 1.807) is 0 Å². The Bertz CT molecular complexity index is 151. The lowest BCUT2D eigenvalue weighted by molar-refractivity contribution is 0.574. The number of nitrogens with zero attached hydrogens (tertiary/aromatic N) is 1. The van der Waals surface area contributed by atoms with Crippen molar-refractivity contribution in [3.63, 3.8) is 0 Å². The van der Waals surface area contributed by atoms with Crippen molar-refractivity contribution in [2.75, 3.05) is 0 Å². The zero-order valence-corrected chi connectivity index (χ0v) is 6.39. The summed E-state index contributed by atoms with van der Waals surface area (Å²) in [6.45, 7) is 3.96. The van der Waals surface area contributed by atoms with Gasteiger partial charge >= 0.3 is 0 Å². The topological polar surface area (TPSA) is 23.8 Å². The summed E-state index contributed by atoms with van der Waals surface area (Å²) in [5, 5.41) is 8.08. The fourth-order valence-corrected chi connectivity index (χ4v) is 0.769. The highest BCUT2D eigenvalue weighted by Gasteiger charge is 2.00.